The third-order valence-electron chi connectivity index (χ3n) is 7.61. The van der Waals surface area contributed by atoms with E-state index in [0.29, 0.717) is 22.6 Å². The van der Waals surface area contributed by atoms with Gasteiger partial charge in [-0.1, -0.05) is 50.3 Å². The number of aryl methyl sites for hydroxylation is 1. The molecule has 7 nitrogen and oxygen atoms in total. The molecule has 1 saturated carbocycles. The van der Waals surface area contributed by atoms with Gasteiger partial charge in [-0.2, -0.15) is 0 Å². The number of hydrogen-bond acceptors (Lipinski definition) is 7. The van der Waals surface area contributed by atoms with Crippen LogP contribution in [0.4, 0.5) is 0 Å². The summed E-state index contributed by atoms with van der Waals surface area (Å²) in [6.07, 6.45) is 11.2. The fourth-order valence-electron chi connectivity index (χ4n) is 5.18. The van der Waals surface area contributed by atoms with Gasteiger partial charge in [0.1, 0.15) is 5.75 Å². The van der Waals surface area contributed by atoms with Crippen LogP contribution >= 0.6 is 0 Å². The van der Waals surface area contributed by atoms with Crippen molar-refractivity contribution >= 4 is 9.84 Å². The molecule has 1 fully saturated rings. The van der Waals surface area contributed by atoms with Crippen LogP contribution in [0.25, 0.3) is 0 Å². The number of aliphatic hydroxyl groups excluding tert-OH is 2. The number of benzene rings is 2. The second-order valence-electron chi connectivity index (χ2n) is 10.7. The van der Waals surface area contributed by atoms with Gasteiger partial charge >= 0.3 is 0 Å². The van der Waals surface area contributed by atoms with E-state index in [4.69, 9.17) is 4.74 Å². The summed E-state index contributed by atoms with van der Waals surface area (Å²) in [6, 6.07) is 12.3. The highest BCUT2D eigenvalue weighted by Crippen LogP contribution is 2.29. The van der Waals surface area contributed by atoms with Gasteiger partial charge in [0.2, 0.25) is 0 Å². The van der Waals surface area contributed by atoms with E-state index in [9.17, 15) is 23.7 Å². The first-order valence-corrected chi connectivity index (χ1v) is 16.2. The van der Waals surface area contributed by atoms with E-state index in [1.165, 1.54) is 6.07 Å². The van der Waals surface area contributed by atoms with E-state index in [2.05, 4.69) is 5.32 Å². The topological polar surface area (TPSA) is 116 Å². The first-order chi connectivity index (χ1) is 18.9. The molecule has 0 heterocycles. The lowest BCUT2D eigenvalue weighted by Crippen LogP contribution is -2.24. The molecule has 39 heavy (non-hydrogen) atoms. The molecule has 0 aliphatic heterocycles. The normalized spacial score (nSPS) is 15.4. The molecular formula is C31H47NO6S. The number of nitrogens with one attached hydrogen (secondary N) is 1. The van der Waals surface area contributed by atoms with Gasteiger partial charge in [-0.15, -0.1) is 0 Å². The SMILES string of the molecule is O=S(=O)(c1cccc(CCCCOCCCCCCNC[C@H](O)c2ccc(O)c(CO)c2)c1)C1CCCCC1. The van der Waals surface area contributed by atoms with Gasteiger partial charge in [0.25, 0.3) is 0 Å². The maximum Gasteiger partial charge on any atom is 0.181 e. The molecule has 3 rings (SSSR count). The number of sulfone groups is 1. The molecular weight excluding hydrogens is 514 g/mol. The van der Waals surface area contributed by atoms with Crippen molar-refractivity contribution in [3.8, 4) is 5.75 Å². The summed E-state index contributed by atoms with van der Waals surface area (Å²) >= 11 is 0. The molecule has 2 aromatic rings. The standard InChI is InChI=1S/C31H47NO6S/c33-24-27-22-26(16-17-30(27)34)31(35)23-32-18-7-1-2-8-19-38-20-9-6-11-25-12-10-15-29(21-25)39(36,37)28-13-4-3-5-14-28/h10,12,15-17,21-22,28,31-35H,1-9,11,13-14,18-20,23-24H2/t31-/m0/s1. The zero-order valence-corrected chi connectivity index (χ0v) is 24.0. The predicted octanol–water partition coefficient (Wildman–Crippen LogP) is 5.21. The van der Waals surface area contributed by atoms with Gasteiger partial charge in [0.05, 0.1) is 22.9 Å². The van der Waals surface area contributed by atoms with Crippen LogP contribution < -0.4 is 5.32 Å². The largest absolute Gasteiger partial charge is 0.508 e. The lowest BCUT2D eigenvalue weighted by molar-refractivity contribution is 0.126. The van der Waals surface area contributed by atoms with Crippen molar-refractivity contribution in [2.45, 2.75) is 99.9 Å². The first kappa shape index (κ1) is 31.6. The van der Waals surface area contributed by atoms with Crippen molar-refractivity contribution in [2.24, 2.45) is 0 Å². The van der Waals surface area contributed by atoms with Crippen LogP contribution in [0.2, 0.25) is 0 Å². The molecule has 0 radical (unpaired) electrons. The Morgan fingerprint density at radius 1 is 0.923 bits per heavy atom. The summed E-state index contributed by atoms with van der Waals surface area (Å²) in [5.74, 6) is 0.0374. The van der Waals surface area contributed by atoms with E-state index in [1.807, 2.05) is 18.2 Å². The van der Waals surface area contributed by atoms with Crippen LogP contribution in [0.5, 0.6) is 5.75 Å². The van der Waals surface area contributed by atoms with Crippen LogP contribution in [0, 0.1) is 0 Å². The lowest BCUT2D eigenvalue weighted by atomic mass is 10.0. The number of aromatic hydroxyl groups is 1. The highest BCUT2D eigenvalue weighted by molar-refractivity contribution is 7.92. The Kier molecular flexibility index (Phi) is 13.7. The fraction of sp³-hybridized carbons (Fsp3) is 0.613. The average molecular weight is 562 g/mol. The maximum atomic E-state index is 13.0. The van der Waals surface area contributed by atoms with Crippen LogP contribution in [-0.4, -0.2) is 55.3 Å². The molecule has 8 heteroatoms. The molecule has 1 aliphatic rings. The molecule has 0 unspecified atom stereocenters. The highest BCUT2D eigenvalue weighted by atomic mass is 32.2. The molecule has 0 spiro atoms. The second kappa shape index (κ2) is 17.0. The van der Waals surface area contributed by atoms with E-state index >= 15 is 0 Å². The Labute approximate surface area is 234 Å². The minimum atomic E-state index is -3.21. The minimum Gasteiger partial charge on any atom is -0.508 e. The van der Waals surface area contributed by atoms with Crippen molar-refractivity contribution in [1.82, 2.24) is 5.32 Å². The summed E-state index contributed by atoms with van der Waals surface area (Å²) in [7, 11) is -3.21. The summed E-state index contributed by atoms with van der Waals surface area (Å²) < 4.78 is 31.7. The smallest absolute Gasteiger partial charge is 0.181 e. The Bertz CT molecular complexity index is 1080. The minimum absolute atomic E-state index is 0.0374. The molecule has 2 aromatic carbocycles. The number of rotatable bonds is 18. The number of hydrogen-bond donors (Lipinski definition) is 4. The fourth-order valence-corrected chi connectivity index (χ4v) is 7.11. The van der Waals surface area contributed by atoms with Gasteiger partial charge in [-0.3, -0.25) is 0 Å². The van der Waals surface area contributed by atoms with Crippen molar-refractivity contribution in [3.05, 3.63) is 59.2 Å². The lowest BCUT2D eigenvalue weighted by Gasteiger charge is -2.22. The van der Waals surface area contributed by atoms with Gasteiger partial charge in [-0.05, 0) is 86.9 Å². The molecule has 1 atom stereocenters. The molecule has 0 amide bonds. The van der Waals surface area contributed by atoms with Gasteiger partial charge < -0.3 is 25.4 Å². The summed E-state index contributed by atoms with van der Waals surface area (Å²) in [6.45, 7) is 2.49. The molecule has 218 valence electrons. The number of unbranched alkanes of at least 4 members (excludes halogenated alkanes) is 4. The summed E-state index contributed by atoms with van der Waals surface area (Å²) in [5, 5.41) is 32.2. The number of phenols is 1. The zero-order valence-electron chi connectivity index (χ0n) is 23.2. The molecule has 0 aromatic heterocycles. The highest BCUT2D eigenvalue weighted by Gasteiger charge is 2.28. The molecule has 1 aliphatic carbocycles. The Morgan fingerprint density at radius 2 is 1.67 bits per heavy atom. The maximum absolute atomic E-state index is 13.0. The monoisotopic (exact) mass is 561 g/mol. The number of aliphatic hydroxyl groups is 2. The van der Waals surface area contributed by atoms with Crippen molar-refractivity contribution in [3.63, 3.8) is 0 Å². The molecule has 4 N–H and O–H groups in total. The Hall–Kier alpha value is -1.97. The third-order valence-corrected chi connectivity index (χ3v) is 9.87. The third kappa shape index (κ3) is 10.5. The molecule has 0 saturated heterocycles. The Balaban J connectivity index is 1.18. The summed E-state index contributed by atoms with van der Waals surface area (Å²) in [5.41, 5.74) is 2.19. The van der Waals surface area contributed by atoms with E-state index in [0.717, 1.165) is 102 Å². The second-order valence-corrected chi connectivity index (χ2v) is 12.9. The van der Waals surface area contributed by atoms with Gasteiger partial charge in [-0.25, -0.2) is 8.42 Å². The van der Waals surface area contributed by atoms with Crippen LogP contribution in [0.3, 0.4) is 0 Å². The van der Waals surface area contributed by atoms with Crippen LogP contribution in [0.15, 0.2) is 47.4 Å². The average Bonchev–Trinajstić information content (AvgIpc) is 2.96. The van der Waals surface area contributed by atoms with E-state index in [-0.39, 0.29) is 17.6 Å². The predicted molar refractivity (Wildman–Crippen MR) is 155 cm³/mol. The molecule has 0 bridgehead atoms. The van der Waals surface area contributed by atoms with Crippen molar-refractivity contribution in [2.75, 3.05) is 26.3 Å². The van der Waals surface area contributed by atoms with E-state index in [1.54, 1.807) is 18.2 Å². The van der Waals surface area contributed by atoms with Crippen molar-refractivity contribution < 1.29 is 28.5 Å². The quantitative estimate of drug-likeness (QED) is 0.185. The van der Waals surface area contributed by atoms with Crippen LogP contribution in [-0.2, 0) is 27.6 Å². The van der Waals surface area contributed by atoms with Crippen LogP contribution in [0.1, 0.15) is 93.4 Å². The van der Waals surface area contributed by atoms with Gasteiger partial charge in [0, 0.05) is 25.3 Å². The summed E-state index contributed by atoms with van der Waals surface area (Å²) in [4.78, 5) is 0.489. The first-order valence-electron chi connectivity index (χ1n) is 14.6. The Morgan fingerprint density at radius 3 is 2.44 bits per heavy atom. The van der Waals surface area contributed by atoms with Crippen molar-refractivity contribution in [1.29, 1.82) is 0 Å². The number of ether oxygens (including phenoxy) is 1. The van der Waals surface area contributed by atoms with E-state index < -0.39 is 15.9 Å². The van der Waals surface area contributed by atoms with Gasteiger partial charge in [0.15, 0.2) is 9.84 Å². The zero-order chi connectivity index (χ0) is 27.9.